The van der Waals surface area contributed by atoms with Gasteiger partial charge in [0.1, 0.15) is 24.1 Å². The van der Waals surface area contributed by atoms with Crippen LogP contribution < -0.4 is 17.2 Å². The molecule has 2 heterocycles. The predicted molar refractivity (Wildman–Crippen MR) is 73.3 cm³/mol. The average Bonchev–Trinajstić information content (AvgIpc) is 2.74. The van der Waals surface area contributed by atoms with E-state index in [0.717, 1.165) is 4.57 Å². The van der Waals surface area contributed by atoms with Crippen molar-refractivity contribution >= 4 is 5.82 Å². The van der Waals surface area contributed by atoms with Crippen LogP contribution in [0.2, 0.25) is 0 Å². The lowest BCUT2D eigenvalue weighted by Gasteiger charge is -2.18. The van der Waals surface area contributed by atoms with Crippen molar-refractivity contribution in [1.82, 2.24) is 9.55 Å². The van der Waals surface area contributed by atoms with Gasteiger partial charge in [0.15, 0.2) is 6.23 Å². The molecule has 0 saturated carbocycles. The van der Waals surface area contributed by atoms with Gasteiger partial charge in [-0.15, -0.1) is 0 Å². The summed E-state index contributed by atoms with van der Waals surface area (Å²) in [5.41, 5.74) is 11.0. The fourth-order valence-corrected chi connectivity index (χ4v) is 2.30. The Kier molecular flexibility index (Phi) is 4.91. The van der Waals surface area contributed by atoms with E-state index in [1.807, 2.05) is 0 Å². The average molecular weight is 300 g/mol. The summed E-state index contributed by atoms with van der Waals surface area (Å²) >= 11 is 0. The van der Waals surface area contributed by atoms with Gasteiger partial charge in [-0.05, 0) is 19.4 Å². The van der Waals surface area contributed by atoms with Crippen LogP contribution >= 0.6 is 0 Å². The van der Waals surface area contributed by atoms with E-state index in [-0.39, 0.29) is 5.82 Å². The number of nitrogens with zero attached hydrogens (tertiary/aromatic N) is 2. The maximum atomic E-state index is 11.9. The molecule has 1 aromatic heterocycles. The molecular weight excluding hydrogens is 280 g/mol. The molecule has 1 saturated heterocycles. The van der Waals surface area contributed by atoms with Crippen LogP contribution in [0.25, 0.3) is 0 Å². The molecule has 118 valence electrons. The quantitative estimate of drug-likeness (QED) is 0.394. The third-order valence-corrected chi connectivity index (χ3v) is 3.50. The van der Waals surface area contributed by atoms with Crippen molar-refractivity contribution in [3.8, 4) is 0 Å². The van der Waals surface area contributed by atoms with Crippen LogP contribution in [-0.4, -0.2) is 56.3 Å². The molecule has 9 heteroatoms. The lowest BCUT2D eigenvalue weighted by atomic mass is 10.1. The van der Waals surface area contributed by atoms with Gasteiger partial charge in [0, 0.05) is 11.8 Å². The zero-order valence-electron chi connectivity index (χ0n) is 11.4. The van der Waals surface area contributed by atoms with Gasteiger partial charge >= 0.3 is 5.69 Å². The van der Waals surface area contributed by atoms with Gasteiger partial charge in [-0.1, -0.05) is 0 Å². The van der Waals surface area contributed by atoms with Gasteiger partial charge in [0.2, 0.25) is 0 Å². The number of nitrogen functional groups attached to an aromatic ring is 1. The van der Waals surface area contributed by atoms with E-state index in [4.69, 9.17) is 21.3 Å². The minimum atomic E-state index is -1.34. The van der Waals surface area contributed by atoms with Crippen molar-refractivity contribution in [2.75, 3.05) is 18.9 Å². The Morgan fingerprint density at radius 3 is 2.67 bits per heavy atom. The number of aliphatic hydroxyl groups is 3. The van der Waals surface area contributed by atoms with Crippen molar-refractivity contribution in [2.24, 2.45) is 5.73 Å². The van der Waals surface area contributed by atoms with Crippen molar-refractivity contribution in [3.63, 3.8) is 0 Å². The Bertz CT molecular complexity index is 549. The highest BCUT2D eigenvalue weighted by Crippen LogP contribution is 2.28. The van der Waals surface area contributed by atoms with E-state index in [1.165, 1.54) is 6.20 Å². The van der Waals surface area contributed by atoms with Crippen LogP contribution in [0.3, 0.4) is 0 Å². The van der Waals surface area contributed by atoms with Crippen molar-refractivity contribution < 1.29 is 20.1 Å². The highest BCUT2D eigenvalue weighted by Gasteiger charge is 2.43. The van der Waals surface area contributed by atoms with E-state index < -0.39 is 36.8 Å². The summed E-state index contributed by atoms with van der Waals surface area (Å²) in [7, 11) is 0. The van der Waals surface area contributed by atoms with E-state index >= 15 is 0 Å². The topological polar surface area (TPSA) is 157 Å². The van der Waals surface area contributed by atoms with Crippen LogP contribution in [0.15, 0.2) is 11.0 Å². The number of rotatable bonds is 5. The van der Waals surface area contributed by atoms with Gasteiger partial charge in [0.25, 0.3) is 0 Å². The molecule has 1 aliphatic rings. The number of anilines is 1. The number of aliphatic hydroxyl groups excluding tert-OH is 3. The molecule has 4 atom stereocenters. The molecule has 0 spiro atoms. The lowest BCUT2D eigenvalue weighted by Crippen LogP contribution is -2.36. The molecule has 2 rings (SSSR count). The Balaban J connectivity index is 2.33. The van der Waals surface area contributed by atoms with E-state index in [0.29, 0.717) is 24.9 Å². The Morgan fingerprint density at radius 2 is 2.10 bits per heavy atom. The normalized spacial score (nSPS) is 29.0. The molecule has 0 aliphatic carbocycles. The summed E-state index contributed by atoms with van der Waals surface area (Å²) in [6.07, 6.45) is -2.05. The minimum Gasteiger partial charge on any atom is -0.394 e. The minimum absolute atomic E-state index is 0.108. The first-order valence-electron chi connectivity index (χ1n) is 6.69. The first kappa shape index (κ1) is 15.9. The first-order valence-corrected chi connectivity index (χ1v) is 6.69. The third kappa shape index (κ3) is 3.06. The van der Waals surface area contributed by atoms with Crippen LogP contribution in [0.1, 0.15) is 18.2 Å². The number of hydrogen-bond acceptors (Lipinski definition) is 8. The second-order valence-electron chi connectivity index (χ2n) is 4.96. The second-order valence-corrected chi connectivity index (χ2v) is 4.96. The Hall–Kier alpha value is -1.52. The molecule has 1 fully saturated rings. The SMILES string of the molecule is NCCCc1cn([C@@H]2O[C@H](CO)[C@H](O)[C@@H]2O)c(=O)nc1N. The predicted octanol–water partition coefficient (Wildman–Crippen LogP) is -2.67. The molecule has 0 unspecified atom stereocenters. The second kappa shape index (κ2) is 6.50. The number of aromatic nitrogens is 2. The molecule has 0 aromatic carbocycles. The summed E-state index contributed by atoms with van der Waals surface area (Å²) in [4.78, 5) is 15.6. The van der Waals surface area contributed by atoms with Crippen molar-refractivity contribution in [1.29, 1.82) is 0 Å². The summed E-state index contributed by atoms with van der Waals surface area (Å²) in [6.45, 7) is -0.00166. The summed E-state index contributed by atoms with van der Waals surface area (Å²) in [5.74, 6) is 0.108. The van der Waals surface area contributed by atoms with Gasteiger partial charge in [0.05, 0.1) is 6.61 Å². The Morgan fingerprint density at radius 1 is 1.38 bits per heavy atom. The lowest BCUT2D eigenvalue weighted by molar-refractivity contribution is -0.0550. The van der Waals surface area contributed by atoms with Gasteiger partial charge < -0.3 is 31.5 Å². The highest BCUT2D eigenvalue weighted by molar-refractivity contribution is 5.36. The molecule has 9 nitrogen and oxygen atoms in total. The molecule has 7 N–H and O–H groups in total. The molecule has 21 heavy (non-hydrogen) atoms. The highest BCUT2D eigenvalue weighted by atomic mass is 16.6. The molecular formula is C12H20N4O5. The van der Waals surface area contributed by atoms with Gasteiger partial charge in [-0.2, -0.15) is 4.98 Å². The monoisotopic (exact) mass is 300 g/mol. The van der Waals surface area contributed by atoms with Crippen LogP contribution in [-0.2, 0) is 11.2 Å². The molecule has 1 aromatic rings. The number of aryl methyl sites for hydroxylation is 1. The summed E-state index contributed by atoms with van der Waals surface area (Å²) in [6, 6.07) is 0. The first-order chi connectivity index (χ1) is 9.99. The third-order valence-electron chi connectivity index (χ3n) is 3.50. The zero-order valence-corrected chi connectivity index (χ0v) is 11.4. The van der Waals surface area contributed by atoms with E-state index in [1.54, 1.807) is 0 Å². The number of ether oxygens (including phenoxy) is 1. The fourth-order valence-electron chi connectivity index (χ4n) is 2.30. The molecule has 0 radical (unpaired) electrons. The van der Waals surface area contributed by atoms with Crippen LogP contribution in [0, 0.1) is 0 Å². The smallest absolute Gasteiger partial charge is 0.351 e. The zero-order chi connectivity index (χ0) is 15.6. The maximum absolute atomic E-state index is 11.9. The van der Waals surface area contributed by atoms with Gasteiger partial charge in [-0.3, -0.25) is 4.57 Å². The van der Waals surface area contributed by atoms with E-state index in [2.05, 4.69) is 4.98 Å². The molecule has 0 bridgehead atoms. The van der Waals surface area contributed by atoms with Crippen molar-refractivity contribution in [3.05, 3.63) is 22.2 Å². The summed E-state index contributed by atoms with van der Waals surface area (Å²) in [5, 5.41) is 28.8. The van der Waals surface area contributed by atoms with E-state index in [9.17, 15) is 15.0 Å². The molecule has 0 amide bonds. The fraction of sp³-hybridized carbons (Fsp3) is 0.667. The summed E-state index contributed by atoms with van der Waals surface area (Å²) < 4.78 is 6.38. The largest absolute Gasteiger partial charge is 0.394 e. The number of hydrogen-bond donors (Lipinski definition) is 5. The standard InChI is InChI=1S/C12H20N4O5/c13-3-1-2-6-4-16(12(20)15-10(6)14)11-9(19)8(18)7(5-17)21-11/h4,7-9,11,17-19H,1-3,5,13H2,(H2,14,15,20)/t7-,8+,9+,11-/m1/s1. The van der Waals surface area contributed by atoms with Crippen molar-refractivity contribution in [2.45, 2.75) is 37.4 Å². The van der Waals surface area contributed by atoms with Crippen LogP contribution in [0.4, 0.5) is 5.82 Å². The van der Waals surface area contributed by atoms with Crippen LogP contribution in [0.5, 0.6) is 0 Å². The Labute approximate surface area is 120 Å². The maximum Gasteiger partial charge on any atom is 0.351 e. The molecule has 1 aliphatic heterocycles. The van der Waals surface area contributed by atoms with Gasteiger partial charge in [-0.25, -0.2) is 4.79 Å². The number of nitrogens with two attached hydrogens (primary N) is 2.